The van der Waals surface area contributed by atoms with E-state index in [0.717, 1.165) is 12.8 Å². The van der Waals surface area contributed by atoms with Crippen LogP contribution in [0.25, 0.3) is 0 Å². The fourth-order valence-electron chi connectivity index (χ4n) is 2.29. The minimum absolute atomic E-state index is 0.0242. The van der Waals surface area contributed by atoms with Gasteiger partial charge in [0.1, 0.15) is 12.4 Å². The number of benzene rings is 1. The minimum atomic E-state index is -0.392. The predicted molar refractivity (Wildman–Crippen MR) is 72.6 cm³/mol. The molecule has 0 bridgehead atoms. The number of carbonyl (C=O) groups is 1. The van der Waals surface area contributed by atoms with Crippen LogP contribution in [0.3, 0.4) is 0 Å². The summed E-state index contributed by atoms with van der Waals surface area (Å²) in [6.45, 7) is 2.81. The van der Waals surface area contributed by atoms with Gasteiger partial charge in [0, 0.05) is 5.56 Å². The summed E-state index contributed by atoms with van der Waals surface area (Å²) in [5, 5.41) is 0. The second-order valence-corrected chi connectivity index (χ2v) is 5.13. The lowest BCUT2D eigenvalue weighted by Gasteiger charge is -2.24. The standard InChI is InChI=1S/C16H19FO2/c1-12-5-2-3-6-14(12)10-19-11-16(18)13-7-4-8-15(17)9-13/h2-4,7-9,12,14H,5-6,10-11H2,1H3. The van der Waals surface area contributed by atoms with E-state index in [4.69, 9.17) is 4.74 Å². The molecule has 1 aromatic rings. The van der Waals surface area contributed by atoms with Crippen LogP contribution in [-0.2, 0) is 4.74 Å². The van der Waals surface area contributed by atoms with E-state index in [1.54, 1.807) is 6.07 Å². The molecule has 0 fully saturated rings. The van der Waals surface area contributed by atoms with E-state index in [0.29, 0.717) is 24.0 Å². The Bertz CT molecular complexity index is 468. The number of ketones is 1. The first-order valence-corrected chi connectivity index (χ1v) is 6.68. The molecule has 0 aliphatic heterocycles. The van der Waals surface area contributed by atoms with Gasteiger partial charge < -0.3 is 4.74 Å². The number of ether oxygens (including phenoxy) is 1. The molecule has 2 atom stereocenters. The molecule has 0 radical (unpaired) electrons. The summed E-state index contributed by atoms with van der Waals surface area (Å²) in [6, 6.07) is 5.72. The number of Topliss-reactive ketones (excluding diaryl/α,β-unsaturated/α-hetero) is 1. The smallest absolute Gasteiger partial charge is 0.188 e. The number of hydrogen-bond acceptors (Lipinski definition) is 2. The average Bonchev–Trinajstić information content (AvgIpc) is 2.41. The van der Waals surface area contributed by atoms with Crippen molar-refractivity contribution in [3.8, 4) is 0 Å². The molecule has 2 nitrogen and oxygen atoms in total. The first kappa shape index (κ1) is 13.9. The van der Waals surface area contributed by atoms with Gasteiger partial charge in [-0.1, -0.05) is 31.2 Å². The van der Waals surface area contributed by atoms with Gasteiger partial charge >= 0.3 is 0 Å². The van der Waals surface area contributed by atoms with Crippen LogP contribution in [0.4, 0.5) is 4.39 Å². The Balaban J connectivity index is 1.79. The van der Waals surface area contributed by atoms with Crippen molar-refractivity contribution in [3.05, 3.63) is 47.8 Å². The van der Waals surface area contributed by atoms with Crippen LogP contribution >= 0.6 is 0 Å². The molecule has 0 saturated carbocycles. The highest BCUT2D eigenvalue weighted by Crippen LogP contribution is 2.25. The van der Waals surface area contributed by atoms with E-state index in [1.165, 1.54) is 18.2 Å². The molecule has 0 aromatic heterocycles. The summed E-state index contributed by atoms with van der Waals surface area (Å²) in [6.07, 6.45) is 6.45. The third kappa shape index (κ3) is 4.00. The van der Waals surface area contributed by atoms with Gasteiger partial charge in [0.25, 0.3) is 0 Å². The third-order valence-electron chi connectivity index (χ3n) is 3.63. The van der Waals surface area contributed by atoms with E-state index in [2.05, 4.69) is 19.1 Å². The summed E-state index contributed by atoms with van der Waals surface area (Å²) in [7, 11) is 0. The number of rotatable bonds is 5. The second-order valence-electron chi connectivity index (χ2n) is 5.13. The molecule has 0 amide bonds. The topological polar surface area (TPSA) is 26.3 Å². The van der Waals surface area contributed by atoms with Gasteiger partial charge in [-0.3, -0.25) is 4.79 Å². The average molecular weight is 262 g/mol. The Hall–Kier alpha value is -1.48. The highest BCUT2D eigenvalue weighted by Gasteiger charge is 2.18. The fourth-order valence-corrected chi connectivity index (χ4v) is 2.29. The van der Waals surface area contributed by atoms with Crippen molar-refractivity contribution in [3.63, 3.8) is 0 Å². The molecule has 102 valence electrons. The minimum Gasteiger partial charge on any atom is -0.373 e. The number of hydrogen-bond donors (Lipinski definition) is 0. The van der Waals surface area contributed by atoms with Gasteiger partial charge in [-0.2, -0.15) is 0 Å². The van der Waals surface area contributed by atoms with Crippen LogP contribution in [0.5, 0.6) is 0 Å². The molecule has 1 aliphatic rings. The fraction of sp³-hybridized carbons (Fsp3) is 0.438. The number of allylic oxidation sites excluding steroid dienone is 2. The number of carbonyl (C=O) groups excluding carboxylic acids is 1. The van der Waals surface area contributed by atoms with Gasteiger partial charge in [0.2, 0.25) is 0 Å². The van der Waals surface area contributed by atoms with Crippen LogP contribution in [-0.4, -0.2) is 19.0 Å². The zero-order chi connectivity index (χ0) is 13.7. The second kappa shape index (κ2) is 6.62. The van der Waals surface area contributed by atoms with E-state index < -0.39 is 5.82 Å². The Labute approximate surface area is 113 Å². The summed E-state index contributed by atoms with van der Waals surface area (Å²) in [4.78, 5) is 11.8. The highest BCUT2D eigenvalue weighted by molar-refractivity contribution is 5.97. The normalized spacial score (nSPS) is 22.4. The van der Waals surface area contributed by atoms with Crippen molar-refractivity contribution in [2.45, 2.75) is 19.8 Å². The Morgan fingerprint density at radius 3 is 2.89 bits per heavy atom. The van der Waals surface area contributed by atoms with E-state index in [1.807, 2.05) is 0 Å². The maximum absolute atomic E-state index is 13.0. The monoisotopic (exact) mass is 262 g/mol. The largest absolute Gasteiger partial charge is 0.373 e. The Morgan fingerprint density at radius 2 is 2.16 bits per heavy atom. The summed E-state index contributed by atoms with van der Waals surface area (Å²) >= 11 is 0. The molecule has 1 aliphatic carbocycles. The Morgan fingerprint density at radius 1 is 1.37 bits per heavy atom. The zero-order valence-corrected chi connectivity index (χ0v) is 11.1. The van der Waals surface area contributed by atoms with Gasteiger partial charge in [-0.25, -0.2) is 4.39 Å². The van der Waals surface area contributed by atoms with Crippen molar-refractivity contribution in [1.82, 2.24) is 0 Å². The van der Waals surface area contributed by atoms with Gasteiger partial charge in [-0.05, 0) is 36.8 Å². The molecule has 0 spiro atoms. The van der Waals surface area contributed by atoms with Crippen LogP contribution < -0.4 is 0 Å². The molecule has 2 unspecified atom stereocenters. The van der Waals surface area contributed by atoms with Crippen molar-refractivity contribution < 1.29 is 13.9 Å². The van der Waals surface area contributed by atoms with E-state index in [9.17, 15) is 9.18 Å². The van der Waals surface area contributed by atoms with Gasteiger partial charge in [0.05, 0.1) is 6.61 Å². The van der Waals surface area contributed by atoms with Crippen molar-refractivity contribution >= 4 is 5.78 Å². The van der Waals surface area contributed by atoms with Crippen LogP contribution in [0.2, 0.25) is 0 Å². The van der Waals surface area contributed by atoms with Crippen molar-refractivity contribution in [1.29, 1.82) is 0 Å². The summed E-state index contributed by atoms with van der Waals surface area (Å²) < 4.78 is 18.5. The van der Waals surface area contributed by atoms with Gasteiger partial charge in [-0.15, -0.1) is 0 Å². The highest BCUT2D eigenvalue weighted by atomic mass is 19.1. The summed E-state index contributed by atoms with van der Waals surface area (Å²) in [5.41, 5.74) is 0.372. The van der Waals surface area contributed by atoms with E-state index in [-0.39, 0.29) is 12.4 Å². The molecule has 0 N–H and O–H groups in total. The SMILES string of the molecule is CC1CC=CCC1COCC(=O)c1cccc(F)c1. The number of halogens is 1. The Kier molecular flexibility index (Phi) is 4.86. The van der Waals surface area contributed by atoms with Crippen LogP contribution in [0, 0.1) is 17.7 Å². The molecule has 2 rings (SSSR count). The lowest BCUT2D eigenvalue weighted by molar-refractivity contribution is 0.0602. The van der Waals surface area contributed by atoms with Crippen molar-refractivity contribution in [2.24, 2.45) is 11.8 Å². The van der Waals surface area contributed by atoms with E-state index >= 15 is 0 Å². The van der Waals surface area contributed by atoms with Crippen LogP contribution in [0.15, 0.2) is 36.4 Å². The molecule has 19 heavy (non-hydrogen) atoms. The molecule has 0 saturated heterocycles. The molecule has 3 heteroatoms. The zero-order valence-electron chi connectivity index (χ0n) is 11.1. The molecular weight excluding hydrogens is 243 g/mol. The first-order chi connectivity index (χ1) is 9.16. The predicted octanol–water partition coefficient (Wildman–Crippen LogP) is 3.63. The first-order valence-electron chi connectivity index (χ1n) is 6.68. The maximum Gasteiger partial charge on any atom is 0.188 e. The summed E-state index contributed by atoms with van der Waals surface area (Å²) in [5.74, 6) is 0.509. The molecular formula is C16H19FO2. The lowest BCUT2D eigenvalue weighted by atomic mass is 9.85. The maximum atomic E-state index is 13.0. The molecule has 0 heterocycles. The third-order valence-corrected chi connectivity index (χ3v) is 3.63. The van der Waals surface area contributed by atoms with Crippen molar-refractivity contribution in [2.75, 3.05) is 13.2 Å². The molecule has 1 aromatic carbocycles. The quantitative estimate of drug-likeness (QED) is 0.598. The van der Waals surface area contributed by atoms with Gasteiger partial charge in [0.15, 0.2) is 5.78 Å². The van der Waals surface area contributed by atoms with Crippen LogP contribution in [0.1, 0.15) is 30.1 Å². The lowest BCUT2D eigenvalue weighted by Crippen LogP contribution is -2.21.